The lowest BCUT2D eigenvalue weighted by Crippen LogP contribution is -2.49. The molecular weight excluding hydrogens is 227 g/mol. The zero-order chi connectivity index (χ0) is 11.5. The molecular formula is C12H16ClFN2. The summed E-state index contributed by atoms with van der Waals surface area (Å²) in [6.07, 6.45) is 0. The molecule has 4 heteroatoms. The average Bonchev–Trinajstić information content (AvgIpc) is 2.27. The summed E-state index contributed by atoms with van der Waals surface area (Å²) in [7, 11) is 0. The molecule has 0 radical (unpaired) electrons. The summed E-state index contributed by atoms with van der Waals surface area (Å²) in [6.45, 7) is 5.83. The fraction of sp³-hybridized carbons (Fsp3) is 0.500. The Hall–Kier alpha value is -0.640. The molecule has 1 aliphatic rings. The Bertz CT molecular complexity index is 370. The van der Waals surface area contributed by atoms with Crippen LogP contribution in [0.3, 0.4) is 0 Å². The number of hydrogen-bond acceptors (Lipinski definition) is 2. The second kappa shape index (κ2) is 5.13. The molecule has 0 bridgehead atoms. The number of nitrogens with zero attached hydrogens (tertiary/aromatic N) is 1. The highest BCUT2D eigenvalue weighted by Gasteiger charge is 2.18. The van der Waals surface area contributed by atoms with Crippen LogP contribution in [-0.2, 0) is 6.54 Å². The number of rotatable bonds is 2. The van der Waals surface area contributed by atoms with Gasteiger partial charge in [0.25, 0.3) is 0 Å². The molecule has 2 nitrogen and oxygen atoms in total. The van der Waals surface area contributed by atoms with Crippen molar-refractivity contribution in [2.45, 2.75) is 19.5 Å². The number of halogens is 2. The van der Waals surface area contributed by atoms with Crippen molar-refractivity contribution < 1.29 is 4.39 Å². The minimum atomic E-state index is -0.220. The Kier molecular flexibility index (Phi) is 3.79. The van der Waals surface area contributed by atoms with Crippen molar-refractivity contribution >= 4 is 11.6 Å². The summed E-state index contributed by atoms with van der Waals surface area (Å²) in [4.78, 5) is 2.32. The van der Waals surface area contributed by atoms with Crippen molar-refractivity contribution in [3.8, 4) is 0 Å². The highest BCUT2D eigenvalue weighted by molar-refractivity contribution is 6.31. The minimum absolute atomic E-state index is 0.220. The number of piperazine rings is 1. The van der Waals surface area contributed by atoms with E-state index >= 15 is 0 Å². The van der Waals surface area contributed by atoms with Gasteiger partial charge in [-0.3, -0.25) is 4.90 Å². The molecule has 0 aliphatic carbocycles. The van der Waals surface area contributed by atoms with Crippen LogP contribution >= 0.6 is 11.6 Å². The molecule has 0 spiro atoms. The first-order chi connectivity index (χ1) is 7.66. The van der Waals surface area contributed by atoms with Gasteiger partial charge in [0.1, 0.15) is 5.82 Å². The zero-order valence-corrected chi connectivity index (χ0v) is 10.1. The van der Waals surface area contributed by atoms with Crippen LogP contribution in [-0.4, -0.2) is 30.6 Å². The summed E-state index contributed by atoms with van der Waals surface area (Å²) in [6, 6.07) is 5.01. The first-order valence-electron chi connectivity index (χ1n) is 5.55. The van der Waals surface area contributed by atoms with Gasteiger partial charge in [0.05, 0.1) is 0 Å². The van der Waals surface area contributed by atoms with Gasteiger partial charge in [-0.05, 0) is 30.7 Å². The summed E-state index contributed by atoms with van der Waals surface area (Å²) >= 11 is 6.05. The van der Waals surface area contributed by atoms with Crippen LogP contribution in [0.1, 0.15) is 12.5 Å². The summed E-state index contributed by atoms with van der Waals surface area (Å²) in [5.41, 5.74) is 0.871. The molecule has 2 rings (SSSR count). The number of nitrogens with one attached hydrogen (secondary N) is 1. The molecule has 0 amide bonds. The molecule has 16 heavy (non-hydrogen) atoms. The van der Waals surface area contributed by atoms with E-state index < -0.39 is 0 Å². The molecule has 1 saturated heterocycles. The third kappa shape index (κ3) is 2.73. The molecule has 1 heterocycles. The van der Waals surface area contributed by atoms with Crippen LogP contribution in [0.2, 0.25) is 5.02 Å². The maximum absolute atomic E-state index is 13.1. The van der Waals surface area contributed by atoms with Crippen molar-refractivity contribution in [3.05, 3.63) is 34.6 Å². The first-order valence-corrected chi connectivity index (χ1v) is 5.93. The fourth-order valence-electron chi connectivity index (χ4n) is 2.00. The van der Waals surface area contributed by atoms with Gasteiger partial charge in [0.2, 0.25) is 0 Å². The quantitative estimate of drug-likeness (QED) is 0.856. The van der Waals surface area contributed by atoms with Crippen LogP contribution in [0.25, 0.3) is 0 Å². The lowest BCUT2D eigenvalue weighted by Gasteiger charge is -2.34. The minimum Gasteiger partial charge on any atom is -0.314 e. The highest BCUT2D eigenvalue weighted by atomic mass is 35.5. The second-order valence-corrected chi connectivity index (χ2v) is 4.67. The van der Waals surface area contributed by atoms with E-state index in [1.165, 1.54) is 12.1 Å². The molecule has 1 atom stereocenters. The Morgan fingerprint density at radius 2 is 2.38 bits per heavy atom. The topological polar surface area (TPSA) is 15.3 Å². The average molecular weight is 243 g/mol. The van der Waals surface area contributed by atoms with Crippen LogP contribution < -0.4 is 5.32 Å². The molecule has 1 N–H and O–H groups in total. The summed E-state index contributed by atoms with van der Waals surface area (Å²) in [5.74, 6) is -0.220. The predicted octanol–water partition coefficient (Wildman–Crippen LogP) is 2.27. The van der Waals surface area contributed by atoms with E-state index in [4.69, 9.17) is 11.6 Å². The van der Waals surface area contributed by atoms with Gasteiger partial charge in [0, 0.05) is 37.2 Å². The normalized spacial score (nSPS) is 22.3. The summed E-state index contributed by atoms with van der Waals surface area (Å²) in [5, 5.41) is 3.97. The van der Waals surface area contributed by atoms with Crippen LogP contribution in [0, 0.1) is 5.82 Å². The lowest BCUT2D eigenvalue weighted by molar-refractivity contribution is 0.165. The van der Waals surface area contributed by atoms with E-state index in [0.717, 1.165) is 31.7 Å². The van der Waals surface area contributed by atoms with Crippen LogP contribution in [0.15, 0.2) is 18.2 Å². The van der Waals surface area contributed by atoms with Crippen molar-refractivity contribution in [2.75, 3.05) is 19.6 Å². The second-order valence-electron chi connectivity index (χ2n) is 4.26. The summed E-state index contributed by atoms with van der Waals surface area (Å²) < 4.78 is 13.1. The van der Waals surface area contributed by atoms with E-state index in [-0.39, 0.29) is 5.82 Å². The maximum Gasteiger partial charge on any atom is 0.123 e. The van der Waals surface area contributed by atoms with E-state index in [1.807, 2.05) is 0 Å². The van der Waals surface area contributed by atoms with Gasteiger partial charge < -0.3 is 5.32 Å². The van der Waals surface area contributed by atoms with E-state index in [0.29, 0.717) is 11.1 Å². The van der Waals surface area contributed by atoms with E-state index in [9.17, 15) is 4.39 Å². The Labute approximate surface area is 100 Å². The van der Waals surface area contributed by atoms with Gasteiger partial charge in [-0.1, -0.05) is 11.6 Å². The Morgan fingerprint density at radius 1 is 1.56 bits per heavy atom. The van der Waals surface area contributed by atoms with Crippen molar-refractivity contribution in [1.29, 1.82) is 0 Å². The van der Waals surface area contributed by atoms with Crippen LogP contribution in [0.4, 0.5) is 4.39 Å². The molecule has 1 aromatic rings. The van der Waals surface area contributed by atoms with Gasteiger partial charge >= 0.3 is 0 Å². The molecule has 0 saturated carbocycles. The standard InChI is InChI=1S/C12H16ClFN2/c1-9-7-15-4-5-16(9)8-10-6-11(14)2-3-12(10)13/h2-3,6,9,15H,4-5,7-8H2,1H3. The number of benzene rings is 1. The van der Waals surface area contributed by atoms with Crippen molar-refractivity contribution in [3.63, 3.8) is 0 Å². The molecule has 1 unspecified atom stereocenters. The van der Waals surface area contributed by atoms with Gasteiger partial charge in [-0.15, -0.1) is 0 Å². The fourth-order valence-corrected chi connectivity index (χ4v) is 2.18. The molecule has 88 valence electrons. The van der Waals surface area contributed by atoms with Crippen LogP contribution in [0.5, 0.6) is 0 Å². The Balaban J connectivity index is 2.10. The van der Waals surface area contributed by atoms with Crippen molar-refractivity contribution in [1.82, 2.24) is 10.2 Å². The third-order valence-electron chi connectivity index (χ3n) is 3.02. The van der Waals surface area contributed by atoms with Gasteiger partial charge in [-0.25, -0.2) is 4.39 Å². The smallest absolute Gasteiger partial charge is 0.123 e. The molecule has 1 aliphatic heterocycles. The van der Waals surface area contributed by atoms with Gasteiger partial charge in [-0.2, -0.15) is 0 Å². The maximum atomic E-state index is 13.1. The Morgan fingerprint density at radius 3 is 3.12 bits per heavy atom. The molecule has 1 fully saturated rings. The van der Waals surface area contributed by atoms with E-state index in [2.05, 4.69) is 17.1 Å². The van der Waals surface area contributed by atoms with Gasteiger partial charge in [0.15, 0.2) is 0 Å². The third-order valence-corrected chi connectivity index (χ3v) is 3.39. The molecule has 1 aromatic carbocycles. The predicted molar refractivity (Wildman–Crippen MR) is 64.2 cm³/mol. The lowest BCUT2D eigenvalue weighted by atomic mass is 10.1. The monoisotopic (exact) mass is 242 g/mol. The largest absolute Gasteiger partial charge is 0.314 e. The highest BCUT2D eigenvalue weighted by Crippen LogP contribution is 2.20. The first kappa shape index (κ1) is 11.8. The van der Waals surface area contributed by atoms with E-state index in [1.54, 1.807) is 6.07 Å². The number of hydrogen-bond donors (Lipinski definition) is 1. The molecule has 0 aromatic heterocycles. The van der Waals surface area contributed by atoms with Crippen molar-refractivity contribution in [2.24, 2.45) is 0 Å². The zero-order valence-electron chi connectivity index (χ0n) is 9.34. The SMILES string of the molecule is CC1CNCCN1Cc1cc(F)ccc1Cl.